The molecule has 0 atom stereocenters. The first-order valence-electron chi connectivity index (χ1n) is 8.62. The molecule has 1 amide bonds. The topological polar surface area (TPSA) is 78.6 Å². The second kappa shape index (κ2) is 7.84. The van der Waals surface area contributed by atoms with E-state index < -0.39 is 0 Å². The van der Waals surface area contributed by atoms with Gasteiger partial charge in [-0.05, 0) is 25.5 Å². The van der Waals surface area contributed by atoms with Crippen LogP contribution >= 0.6 is 24.0 Å². The van der Waals surface area contributed by atoms with Crippen molar-refractivity contribution < 1.29 is 9.53 Å². The van der Waals surface area contributed by atoms with Crippen LogP contribution in [0.25, 0.3) is 6.08 Å². The predicted molar refractivity (Wildman–Crippen MR) is 110 cm³/mol. The van der Waals surface area contributed by atoms with Gasteiger partial charge in [-0.3, -0.25) is 19.1 Å². The minimum Gasteiger partial charge on any atom is -0.378 e. The van der Waals surface area contributed by atoms with Crippen LogP contribution in [0.15, 0.2) is 9.70 Å². The summed E-state index contributed by atoms with van der Waals surface area (Å²) in [4.78, 5) is 29.3. The number of aromatic nitrogens is 1. The van der Waals surface area contributed by atoms with Crippen LogP contribution in [0.1, 0.15) is 23.6 Å². The highest BCUT2D eigenvalue weighted by Gasteiger charge is 2.31. The van der Waals surface area contributed by atoms with Crippen molar-refractivity contribution in [1.82, 2.24) is 9.47 Å². The third kappa shape index (κ3) is 3.40. The van der Waals surface area contributed by atoms with Crippen LogP contribution in [0.5, 0.6) is 0 Å². The Kier molecular flexibility index (Phi) is 5.69. The summed E-state index contributed by atoms with van der Waals surface area (Å²) < 4.78 is 7.53. The summed E-state index contributed by atoms with van der Waals surface area (Å²) in [5.41, 5.74) is 1.09. The molecule has 2 aliphatic heterocycles. The van der Waals surface area contributed by atoms with E-state index in [2.05, 4.69) is 4.90 Å². The molecule has 0 unspecified atom stereocenters. The summed E-state index contributed by atoms with van der Waals surface area (Å²) in [5, 5.41) is 9.52. The molecule has 0 saturated carbocycles. The molecule has 1 aromatic rings. The number of nitriles is 1. The van der Waals surface area contributed by atoms with Crippen LogP contribution in [0.2, 0.25) is 0 Å². The normalized spacial score (nSPS) is 19.1. The van der Waals surface area contributed by atoms with Crippen molar-refractivity contribution in [3.05, 3.63) is 31.9 Å². The molecular formula is C18H20N4O3S2. The zero-order chi connectivity index (χ0) is 19.7. The van der Waals surface area contributed by atoms with E-state index in [1.165, 1.54) is 16.7 Å². The highest BCUT2D eigenvalue weighted by atomic mass is 32.2. The molecule has 0 aromatic carbocycles. The summed E-state index contributed by atoms with van der Waals surface area (Å²) >= 11 is 6.44. The number of amides is 1. The molecule has 2 fully saturated rings. The van der Waals surface area contributed by atoms with Gasteiger partial charge in [0.1, 0.15) is 21.8 Å². The number of hydrogen-bond acceptors (Lipinski definition) is 7. The number of thioether (sulfide) groups is 1. The number of hydrogen-bond donors (Lipinski definition) is 0. The molecule has 3 rings (SSSR count). The van der Waals surface area contributed by atoms with Gasteiger partial charge in [0.15, 0.2) is 0 Å². The van der Waals surface area contributed by atoms with Crippen molar-refractivity contribution in [2.75, 3.05) is 38.3 Å². The summed E-state index contributed by atoms with van der Waals surface area (Å²) in [6.07, 6.45) is 1.76. The van der Waals surface area contributed by atoms with Crippen LogP contribution in [-0.4, -0.2) is 53.0 Å². The highest BCUT2D eigenvalue weighted by Crippen LogP contribution is 2.35. The van der Waals surface area contributed by atoms with Crippen molar-refractivity contribution >= 4 is 46.1 Å². The van der Waals surface area contributed by atoms with Gasteiger partial charge >= 0.3 is 0 Å². The zero-order valence-electron chi connectivity index (χ0n) is 15.4. The molecule has 0 aliphatic carbocycles. The van der Waals surface area contributed by atoms with Gasteiger partial charge < -0.3 is 9.64 Å². The van der Waals surface area contributed by atoms with E-state index in [1.54, 1.807) is 24.6 Å². The summed E-state index contributed by atoms with van der Waals surface area (Å²) in [5.74, 6) is 0.550. The SMILES string of the molecule is CCn1c(N2CCOCC2)c(/C=C2\SC(=S)N(C)C2=O)c(C)c(C#N)c1=O. The van der Waals surface area contributed by atoms with Crippen molar-refractivity contribution in [2.45, 2.75) is 20.4 Å². The largest absolute Gasteiger partial charge is 0.378 e. The number of ether oxygens (including phenoxy) is 1. The number of likely N-dealkylation sites (N-methyl/N-ethyl adjacent to an activating group) is 1. The molecule has 142 valence electrons. The van der Waals surface area contributed by atoms with Gasteiger partial charge in [-0.2, -0.15) is 5.26 Å². The molecule has 7 nitrogen and oxygen atoms in total. The average Bonchev–Trinajstić information content (AvgIpc) is 2.91. The lowest BCUT2D eigenvalue weighted by Gasteiger charge is -2.33. The molecule has 3 heterocycles. The molecular weight excluding hydrogens is 384 g/mol. The maximum atomic E-state index is 12.8. The van der Waals surface area contributed by atoms with E-state index in [9.17, 15) is 14.9 Å². The Labute approximate surface area is 167 Å². The lowest BCUT2D eigenvalue weighted by atomic mass is 10.0. The van der Waals surface area contributed by atoms with Crippen LogP contribution in [0.4, 0.5) is 5.82 Å². The third-order valence-electron chi connectivity index (χ3n) is 4.74. The molecule has 2 saturated heterocycles. The van der Waals surface area contributed by atoms with Crippen LogP contribution in [0.3, 0.4) is 0 Å². The van der Waals surface area contributed by atoms with Crippen LogP contribution in [0, 0.1) is 18.3 Å². The fraction of sp³-hybridized carbons (Fsp3) is 0.444. The Morgan fingerprint density at radius 3 is 2.52 bits per heavy atom. The number of carbonyl (C=O) groups is 1. The van der Waals surface area contributed by atoms with Crippen molar-refractivity contribution in [3.8, 4) is 6.07 Å². The maximum absolute atomic E-state index is 12.8. The average molecular weight is 405 g/mol. The molecule has 0 radical (unpaired) electrons. The number of morpholine rings is 1. The smallest absolute Gasteiger partial charge is 0.270 e. The van der Waals surface area contributed by atoms with Crippen LogP contribution in [-0.2, 0) is 16.1 Å². The Morgan fingerprint density at radius 2 is 2.00 bits per heavy atom. The van der Waals surface area contributed by atoms with E-state index >= 15 is 0 Å². The Hall–Kier alpha value is -2.15. The van der Waals surface area contributed by atoms with E-state index in [4.69, 9.17) is 17.0 Å². The standard InChI is InChI=1S/C18H20N4O3S2/c1-4-22-15(21-5-7-25-8-6-21)12(11(2)13(10-19)16(22)23)9-14-17(24)20(3)18(26)27-14/h9H,4-8H2,1-3H3/b14-9-. The minimum atomic E-state index is -0.306. The first-order valence-corrected chi connectivity index (χ1v) is 9.84. The first kappa shape index (κ1) is 19.6. The van der Waals surface area contributed by atoms with E-state index in [1.807, 2.05) is 13.0 Å². The van der Waals surface area contributed by atoms with Gasteiger partial charge in [0.2, 0.25) is 0 Å². The molecule has 9 heteroatoms. The van der Waals surface area contributed by atoms with Gasteiger partial charge in [0, 0.05) is 32.2 Å². The van der Waals surface area contributed by atoms with E-state index in [0.717, 1.165) is 5.82 Å². The maximum Gasteiger partial charge on any atom is 0.270 e. The number of anilines is 1. The molecule has 1 aromatic heterocycles. The van der Waals surface area contributed by atoms with Crippen molar-refractivity contribution in [3.63, 3.8) is 0 Å². The Bertz CT molecular complexity index is 939. The minimum absolute atomic E-state index is 0.104. The third-order valence-corrected chi connectivity index (χ3v) is 6.22. The number of nitrogens with zero attached hydrogens (tertiary/aromatic N) is 4. The molecule has 27 heavy (non-hydrogen) atoms. The van der Waals surface area contributed by atoms with Crippen LogP contribution < -0.4 is 10.5 Å². The van der Waals surface area contributed by atoms with Crippen molar-refractivity contribution in [1.29, 1.82) is 5.26 Å². The Balaban J connectivity index is 2.28. The van der Waals surface area contributed by atoms with Crippen molar-refractivity contribution in [2.24, 2.45) is 0 Å². The van der Waals surface area contributed by atoms with Gasteiger partial charge in [0.25, 0.3) is 11.5 Å². The number of carbonyl (C=O) groups excluding carboxylic acids is 1. The van der Waals surface area contributed by atoms with Gasteiger partial charge in [0.05, 0.1) is 18.1 Å². The lowest BCUT2D eigenvalue weighted by Crippen LogP contribution is -2.41. The summed E-state index contributed by atoms with van der Waals surface area (Å²) in [6, 6.07) is 2.03. The quantitative estimate of drug-likeness (QED) is 0.561. The molecule has 0 spiro atoms. The Morgan fingerprint density at radius 1 is 1.33 bits per heavy atom. The number of rotatable bonds is 3. The van der Waals surface area contributed by atoms with E-state index in [0.29, 0.717) is 53.2 Å². The fourth-order valence-electron chi connectivity index (χ4n) is 3.23. The predicted octanol–water partition coefficient (Wildman–Crippen LogP) is 1.72. The van der Waals surface area contributed by atoms with Gasteiger partial charge in [-0.15, -0.1) is 0 Å². The fourth-order valence-corrected chi connectivity index (χ4v) is 4.39. The lowest BCUT2D eigenvalue weighted by molar-refractivity contribution is -0.121. The van der Waals surface area contributed by atoms with E-state index in [-0.39, 0.29) is 17.0 Å². The second-order valence-corrected chi connectivity index (χ2v) is 7.91. The van der Waals surface area contributed by atoms with Gasteiger partial charge in [-0.25, -0.2) is 0 Å². The number of pyridine rings is 1. The molecule has 0 N–H and O–H groups in total. The molecule has 2 aliphatic rings. The highest BCUT2D eigenvalue weighted by molar-refractivity contribution is 8.26. The monoisotopic (exact) mass is 404 g/mol. The first-order chi connectivity index (χ1) is 12.9. The number of thiocarbonyl (C=S) groups is 1. The zero-order valence-corrected chi connectivity index (χ0v) is 17.1. The van der Waals surface area contributed by atoms with Gasteiger partial charge in [-0.1, -0.05) is 24.0 Å². The second-order valence-electron chi connectivity index (χ2n) is 6.24. The molecule has 0 bridgehead atoms. The summed E-state index contributed by atoms with van der Waals surface area (Å²) in [7, 11) is 1.64. The summed E-state index contributed by atoms with van der Waals surface area (Å²) in [6.45, 7) is 6.46.